The summed E-state index contributed by atoms with van der Waals surface area (Å²) in [6.45, 7) is 2.04. The van der Waals surface area contributed by atoms with E-state index in [1.54, 1.807) is 19.2 Å². The second-order valence-corrected chi connectivity index (χ2v) is 6.95. The van der Waals surface area contributed by atoms with Crippen LogP contribution in [0.25, 0.3) is 0 Å². The largest absolute Gasteiger partial charge is 0.508 e. The van der Waals surface area contributed by atoms with Crippen LogP contribution in [0.4, 0.5) is 0 Å². The van der Waals surface area contributed by atoms with Gasteiger partial charge < -0.3 is 14.9 Å². The number of methoxy groups -OCH3 is 1. The zero-order valence-corrected chi connectivity index (χ0v) is 15.8. The van der Waals surface area contributed by atoms with Crippen LogP contribution in [0.15, 0.2) is 78.9 Å². The van der Waals surface area contributed by atoms with Gasteiger partial charge in [0.1, 0.15) is 11.5 Å². The molecule has 0 heterocycles. The van der Waals surface area contributed by atoms with Gasteiger partial charge in [-0.25, -0.2) is 0 Å². The third kappa shape index (κ3) is 4.32. The molecule has 0 radical (unpaired) electrons. The van der Waals surface area contributed by atoms with E-state index in [1.807, 2.05) is 73.7 Å². The summed E-state index contributed by atoms with van der Waals surface area (Å²) in [6.07, 6.45) is 1.34. The van der Waals surface area contributed by atoms with Crippen molar-refractivity contribution in [2.75, 3.05) is 7.11 Å². The summed E-state index contributed by atoms with van der Waals surface area (Å²) >= 11 is 0. The van der Waals surface area contributed by atoms with Crippen LogP contribution in [0, 0.1) is 0 Å². The summed E-state index contributed by atoms with van der Waals surface area (Å²) in [5.74, 6) is 0.931. The van der Waals surface area contributed by atoms with Crippen LogP contribution in [-0.2, 0) is 12.0 Å². The van der Waals surface area contributed by atoms with E-state index in [0.717, 1.165) is 28.9 Å². The first-order valence-electron chi connectivity index (χ1n) is 9.22. The molecular formula is C24H26O3. The Labute approximate surface area is 160 Å². The van der Waals surface area contributed by atoms with Gasteiger partial charge in [-0.3, -0.25) is 0 Å². The molecule has 3 aromatic carbocycles. The number of phenolic OH excluding ortho intramolecular Hbond substituents is 1. The lowest BCUT2D eigenvalue weighted by atomic mass is 9.75. The Kier molecular flexibility index (Phi) is 5.82. The van der Waals surface area contributed by atoms with E-state index in [9.17, 15) is 10.2 Å². The summed E-state index contributed by atoms with van der Waals surface area (Å²) in [5, 5.41) is 21.3. The highest BCUT2D eigenvalue weighted by Gasteiger charge is 2.36. The number of benzene rings is 3. The Hall–Kier alpha value is -2.78. The minimum Gasteiger partial charge on any atom is -0.508 e. The van der Waals surface area contributed by atoms with Crippen molar-refractivity contribution in [1.82, 2.24) is 0 Å². The number of hydrogen-bond donors (Lipinski definition) is 2. The Morgan fingerprint density at radius 1 is 0.889 bits per heavy atom. The SMILES string of the molecule is COc1ccc(CCC(O)(c2ccccc2)C(C)c2ccc(O)cc2)cc1. The fourth-order valence-electron chi connectivity index (χ4n) is 3.50. The first-order chi connectivity index (χ1) is 13.0. The highest BCUT2D eigenvalue weighted by atomic mass is 16.5. The van der Waals surface area contributed by atoms with E-state index in [1.165, 1.54) is 0 Å². The third-order valence-electron chi connectivity index (χ3n) is 5.34. The molecule has 0 amide bonds. The number of ether oxygens (including phenoxy) is 1. The summed E-state index contributed by atoms with van der Waals surface area (Å²) in [4.78, 5) is 0. The topological polar surface area (TPSA) is 49.7 Å². The van der Waals surface area contributed by atoms with Crippen molar-refractivity contribution in [2.24, 2.45) is 0 Å². The van der Waals surface area contributed by atoms with Gasteiger partial charge in [0.25, 0.3) is 0 Å². The molecular weight excluding hydrogens is 336 g/mol. The average Bonchev–Trinajstić information content (AvgIpc) is 2.73. The number of aromatic hydroxyl groups is 1. The van der Waals surface area contributed by atoms with Gasteiger partial charge in [-0.2, -0.15) is 0 Å². The molecule has 2 atom stereocenters. The van der Waals surface area contributed by atoms with Gasteiger partial charge in [0.15, 0.2) is 0 Å². The highest BCUT2D eigenvalue weighted by molar-refractivity contribution is 5.34. The second kappa shape index (κ2) is 8.28. The van der Waals surface area contributed by atoms with Crippen molar-refractivity contribution < 1.29 is 14.9 Å². The minimum absolute atomic E-state index is 0.126. The van der Waals surface area contributed by atoms with Crippen LogP contribution in [0.2, 0.25) is 0 Å². The van der Waals surface area contributed by atoms with Crippen molar-refractivity contribution in [2.45, 2.75) is 31.3 Å². The minimum atomic E-state index is -1.02. The molecule has 140 valence electrons. The van der Waals surface area contributed by atoms with Crippen LogP contribution < -0.4 is 4.74 Å². The highest BCUT2D eigenvalue weighted by Crippen LogP contribution is 2.40. The molecule has 27 heavy (non-hydrogen) atoms. The lowest BCUT2D eigenvalue weighted by molar-refractivity contribution is 0.00397. The zero-order chi connectivity index (χ0) is 19.3. The molecule has 0 bridgehead atoms. The molecule has 3 heteroatoms. The maximum atomic E-state index is 11.7. The monoisotopic (exact) mass is 362 g/mol. The number of phenols is 1. The van der Waals surface area contributed by atoms with Gasteiger partial charge in [-0.15, -0.1) is 0 Å². The van der Waals surface area contributed by atoms with E-state index >= 15 is 0 Å². The fourth-order valence-corrected chi connectivity index (χ4v) is 3.50. The standard InChI is InChI=1S/C24H26O3/c1-18(20-10-12-22(25)13-11-20)24(26,21-6-4-3-5-7-21)17-16-19-8-14-23(27-2)15-9-19/h3-15,18,25-26H,16-17H2,1-2H3. The molecule has 3 aromatic rings. The zero-order valence-electron chi connectivity index (χ0n) is 15.8. The smallest absolute Gasteiger partial charge is 0.118 e. The predicted octanol–water partition coefficient (Wildman–Crippen LogP) is 5.02. The lowest BCUT2D eigenvalue weighted by Crippen LogP contribution is -2.33. The maximum absolute atomic E-state index is 11.7. The molecule has 0 aromatic heterocycles. The summed E-state index contributed by atoms with van der Waals surface area (Å²) < 4.78 is 5.22. The van der Waals surface area contributed by atoms with Gasteiger partial charge in [-0.05, 0) is 53.8 Å². The molecule has 0 aliphatic heterocycles. The molecule has 3 nitrogen and oxygen atoms in total. The Bertz CT molecular complexity index is 841. The van der Waals surface area contributed by atoms with E-state index < -0.39 is 5.60 Å². The number of rotatable bonds is 7. The number of hydrogen-bond acceptors (Lipinski definition) is 3. The summed E-state index contributed by atoms with van der Waals surface area (Å²) in [5.41, 5.74) is 2.04. The van der Waals surface area contributed by atoms with Crippen LogP contribution >= 0.6 is 0 Å². The normalized spacial score (nSPS) is 14.3. The van der Waals surface area contributed by atoms with Crippen LogP contribution in [0.1, 0.15) is 36.0 Å². The van der Waals surface area contributed by atoms with Gasteiger partial charge in [0.05, 0.1) is 12.7 Å². The molecule has 0 saturated heterocycles. The van der Waals surface area contributed by atoms with Gasteiger partial charge in [0, 0.05) is 5.92 Å². The maximum Gasteiger partial charge on any atom is 0.118 e. The van der Waals surface area contributed by atoms with E-state index in [0.29, 0.717) is 6.42 Å². The first-order valence-corrected chi connectivity index (χ1v) is 9.22. The number of aryl methyl sites for hydroxylation is 1. The molecule has 0 fully saturated rings. The molecule has 0 saturated carbocycles. The van der Waals surface area contributed by atoms with E-state index in [4.69, 9.17) is 4.74 Å². The predicted molar refractivity (Wildman–Crippen MR) is 108 cm³/mol. The van der Waals surface area contributed by atoms with Crippen molar-refractivity contribution in [3.05, 3.63) is 95.6 Å². The number of aliphatic hydroxyl groups is 1. The quantitative estimate of drug-likeness (QED) is 0.620. The van der Waals surface area contributed by atoms with Crippen LogP contribution in [0.5, 0.6) is 11.5 Å². The van der Waals surface area contributed by atoms with Crippen molar-refractivity contribution in [1.29, 1.82) is 0 Å². The van der Waals surface area contributed by atoms with Crippen LogP contribution in [0.3, 0.4) is 0 Å². The van der Waals surface area contributed by atoms with Gasteiger partial charge >= 0.3 is 0 Å². The molecule has 0 spiro atoms. The molecule has 3 rings (SSSR count). The van der Waals surface area contributed by atoms with Crippen molar-refractivity contribution in [3.8, 4) is 11.5 Å². The average molecular weight is 362 g/mol. The van der Waals surface area contributed by atoms with Crippen molar-refractivity contribution in [3.63, 3.8) is 0 Å². The first kappa shape index (κ1) is 19.0. The van der Waals surface area contributed by atoms with Gasteiger partial charge in [-0.1, -0.05) is 61.5 Å². The Morgan fingerprint density at radius 3 is 2.11 bits per heavy atom. The molecule has 2 N–H and O–H groups in total. The van der Waals surface area contributed by atoms with E-state index in [-0.39, 0.29) is 11.7 Å². The molecule has 0 aliphatic carbocycles. The lowest BCUT2D eigenvalue weighted by Gasteiger charge is -2.35. The Morgan fingerprint density at radius 2 is 1.52 bits per heavy atom. The summed E-state index contributed by atoms with van der Waals surface area (Å²) in [6, 6.07) is 24.9. The summed E-state index contributed by atoms with van der Waals surface area (Å²) in [7, 11) is 1.66. The van der Waals surface area contributed by atoms with Gasteiger partial charge in [0.2, 0.25) is 0 Å². The third-order valence-corrected chi connectivity index (χ3v) is 5.34. The molecule has 0 aliphatic rings. The van der Waals surface area contributed by atoms with E-state index in [2.05, 4.69) is 0 Å². The Balaban J connectivity index is 1.88. The van der Waals surface area contributed by atoms with Crippen molar-refractivity contribution >= 4 is 0 Å². The molecule has 2 unspecified atom stereocenters. The fraction of sp³-hybridized carbons (Fsp3) is 0.250. The van der Waals surface area contributed by atoms with Crippen LogP contribution in [-0.4, -0.2) is 17.3 Å². The second-order valence-electron chi connectivity index (χ2n) is 6.95.